The molecule has 2 amide bonds. The number of alkyl halides is 3. The molecule has 9 heteroatoms. The highest BCUT2D eigenvalue weighted by atomic mass is 19.4. The van der Waals surface area contributed by atoms with Gasteiger partial charge in [0.25, 0.3) is 0 Å². The number of hydrogen-bond acceptors (Lipinski definition) is 3. The molecule has 1 aliphatic carbocycles. The second kappa shape index (κ2) is 6.19. The molecular weight excluding hydrogens is 277 g/mol. The zero-order valence-electron chi connectivity index (χ0n) is 11.1. The van der Waals surface area contributed by atoms with E-state index in [4.69, 9.17) is 10.9 Å². The number of nitrogens with zero attached hydrogens (tertiary/aromatic N) is 1. The number of nitrogens with one attached hydrogen (secondary N) is 2. The van der Waals surface area contributed by atoms with Gasteiger partial charge in [0.1, 0.15) is 12.1 Å². The lowest BCUT2D eigenvalue weighted by atomic mass is 9.76. The van der Waals surface area contributed by atoms with E-state index in [2.05, 4.69) is 10.5 Å². The third-order valence-corrected chi connectivity index (χ3v) is 3.53. The molecule has 0 aromatic rings. The predicted molar refractivity (Wildman–Crippen MR) is 66.4 cm³/mol. The normalized spacial score (nSPS) is 28.0. The van der Waals surface area contributed by atoms with Crippen molar-refractivity contribution in [1.82, 2.24) is 10.6 Å². The Kier molecular flexibility index (Phi) is 5.07. The van der Waals surface area contributed by atoms with Gasteiger partial charge in [-0.05, 0) is 31.6 Å². The van der Waals surface area contributed by atoms with Crippen molar-refractivity contribution in [2.45, 2.75) is 44.3 Å². The summed E-state index contributed by atoms with van der Waals surface area (Å²) >= 11 is 0. The van der Waals surface area contributed by atoms with E-state index in [0.29, 0.717) is 18.8 Å². The van der Waals surface area contributed by atoms with E-state index in [1.165, 1.54) is 0 Å². The number of halogens is 3. The maximum Gasteiger partial charge on any atom is 0.405 e. The van der Waals surface area contributed by atoms with Crippen molar-refractivity contribution in [2.24, 2.45) is 16.8 Å². The van der Waals surface area contributed by atoms with Crippen LogP contribution in [0, 0.1) is 5.92 Å². The third kappa shape index (κ3) is 4.46. The Morgan fingerprint density at radius 1 is 1.45 bits per heavy atom. The van der Waals surface area contributed by atoms with Gasteiger partial charge in [-0.1, -0.05) is 12.1 Å². The Morgan fingerprint density at radius 3 is 2.45 bits per heavy atom. The van der Waals surface area contributed by atoms with E-state index >= 15 is 0 Å². The molecule has 0 heterocycles. The van der Waals surface area contributed by atoms with Gasteiger partial charge in [0, 0.05) is 0 Å². The first-order chi connectivity index (χ1) is 9.18. The number of hydrogen-bond donors (Lipinski definition) is 4. The quantitative estimate of drug-likeness (QED) is 0.275. The minimum absolute atomic E-state index is 0.188. The lowest BCUT2D eigenvalue weighted by Gasteiger charge is -2.38. The fraction of sp³-hybridized carbons (Fsp3) is 0.818. The number of carbonyl (C=O) groups excluding carboxylic acids is 1. The molecule has 0 bridgehead atoms. The number of amidine groups is 1. The third-order valence-electron chi connectivity index (χ3n) is 3.53. The van der Waals surface area contributed by atoms with Crippen molar-refractivity contribution in [2.75, 3.05) is 6.54 Å². The van der Waals surface area contributed by atoms with E-state index in [0.717, 1.165) is 12.8 Å². The Balaban J connectivity index is 2.69. The summed E-state index contributed by atoms with van der Waals surface area (Å²) in [7, 11) is 0. The van der Waals surface area contributed by atoms with E-state index in [-0.39, 0.29) is 5.84 Å². The molecule has 5 N–H and O–H groups in total. The fourth-order valence-corrected chi connectivity index (χ4v) is 2.24. The summed E-state index contributed by atoms with van der Waals surface area (Å²) in [5.74, 6) is 0.237. The minimum Gasteiger partial charge on any atom is -0.409 e. The van der Waals surface area contributed by atoms with E-state index < -0.39 is 24.3 Å². The molecule has 0 saturated heterocycles. The molecule has 1 saturated carbocycles. The van der Waals surface area contributed by atoms with Gasteiger partial charge in [0.2, 0.25) is 0 Å². The molecule has 1 fully saturated rings. The smallest absolute Gasteiger partial charge is 0.405 e. The molecule has 0 aromatic heterocycles. The molecular formula is C11H19F3N4O2. The summed E-state index contributed by atoms with van der Waals surface area (Å²) in [6.07, 6.45) is -2.18. The predicted octanol–water partition coefficient (Wildman–Crippen LogP) is 1.54. The summed E-state index contributed by atoms with van der Waals surface area (Å²) in [5, 5.41) is 15.8. The Labute approximate surface area is 114 Å². The molecule has 0 unspecified atom stereocenters. The maximum absolute atomic E-state index is 12.0. The van der Waals surface area contributed by atoms with Gasteiger partial charge >= 0.3 is 12.2 Å². The summed E-state index contributed by atoms with van der Waals surface area (Å²) < 4.78 is 36.1. The number of oxime groups is 1. The summed E-state index contributed by atoms with van der Waals surface area (Å²) in [4.78, 5) is 11.6. The van der Waals surface area contributed by atoms with Crippen LogP contribution in [0.25, 0.3) is 0 Å². The first-order valence-electron chi connectivity index (χ1n) is 6.29. The van der Waals surface area contributed by atoms with Crippen molar-refractivity contribution in [1.29, 1.82) is 0 Å². The zero-order valence-corrected chi connectivity index (χ0v) is 11.1. The lowest BCUT2D eigenvalue weighted by molar-refractivity contribution is -0.122. The lowest BCUT2D eigenvalue weighted by Crippen LogP contribution is -2.61. The highest BCUT2D eigenvalue weighted by Crippen LogP contribution is 2.32. The average Bonchev–Trinajstić information content (AvgIpc) is 2.37. The van der Waals surface area contributed by atoms with Crippen molar-refractivity contribution in [3.63, 3.8) is 0 Å². The minimum atomic E-state index is -4.48. The Hall–Kier alpha value is -1.67. The van der Waals surface area contributed by atoms with Crippen molar-refractivity contribution < 1.29 is 23.2 Å². The van der Waals surface area contributed by atoms with Gasteiger partial charge in [-0.25, -0.2) is 4.79 Å². The highest BCUT2D eigenvalue weighted by molar-refractivity contribution is 5.93. The van der Waals surface area contributed by atoms with Gasteiger partial charge in [-0.15, -0.1) is 0 Å². The topological polar surface area (TPSA) is 99.7 Å². The van der Waals surface area contributed by atoms with Gasteiger partial charge in [-0.2, -0.15) is 13.2 Å². The van der Waals surface area contributed by atoms with Crippen molar-refractivity contribution >= 4 is 11.9 Å². The number of rotatable bonds is 3. The number of nitrogens with two attached hydrogens (primary N) is 1. The molecule has 116 valence electrons. The van der Waals surface area contributed by atoms with Gasteiger partial charge in [0.05, 0.1) is 0 Å². The second-order valence-corrected chi connectivity index (χ2v) is 5.17. The van der Waals surface area contributed by atoms with Crippen LogP contribution in [0.15, 0.2) is 5.16 Å². The maximum atomic E-state index is 12.0. The summed E-state index contributed by atoms with van der Waals surface area (Å²) in [6, 6.07) is -0.983. The first kappa shape index (κ1) is 16.4. The van der Waals surface area contributed by atoms with Crippen LogP contribution in [-0.4, -0.2) is 35.3 Å². The molecule has 0 aromatic carbocycles. The largest absolute Gasteiger partial charge is 0.409 e. The highest BCUT2D eigenvalue weighted by Gasteiger charge is 2.40. The van der Waals surface area contributed by atoms with E-state index in [1.807, 2.05) is 6.92 Å². The summed E-state index contributed by atoms with van der Waals surface area (Å²) in [6.45, 7) is 0.599. The fourth-order valence-electron chi connectivity index (χ4n) is 2.24. The molecule has 0 spiro atoms. The molecule has 0 atom stereocenters. The van der Waals surface area contributed by atoms with Gasteiger partial charge in [0.15, 0.2) is 5.84 Å². The second-order valence-electron chi connectivity index (χ2n) is 5.17. The number of urea groups is 1. The molecule has 1 rings (SSSR count). The van der Waals surface area contributed by atoms with E-state index in [1.54, 1.807) is 5.32 Å². The molecule has 20 heavy (non-hydrogen) atoms. The zero-order chi connectivity index (χ0) is 15.4. The van der Waals surface area contributed by atoms with Crippen LogP contribution < -0.4 is 16.4 Å². The Bertz CT molecular complexity index is 376. The Morgan fingerprint density at radius 2 is 2.00 bits per heavy atom. The van der Waals surface area contributed by atoms with Crippen molar-refractivity contribution in [3.8, 4) is 0 Å². The van der Waals surface area contributed by atoms with Crippen LogP contribution in [0.5, 0.6) is 0 Å². The molecule has 1 aliphatic rings. The standard InChI is InChI=1S/C11H19F3N4O2/c1-7-2-4-10(5-3-7,8(15)18-20)17-9(19)16-6-11(12,13)14/h7,20H,2-6H2,1H3,(H2,15,18)(H2,16,17,19). The van der Waals surface area contributed by atoms with Crippen LogP contribution in [0.3, 0.4) is 0 Å². The van der Waals surface area contributed by atoms with Crippen LogP contribution in [0.1, 0.15) is 32.6 Å². The van der Waals surface area contributed by atoms with Gasteiger partial charge < -0.3 is 21.6 Å². The average molecular weight is 296 g/mol. The van der Waals surface area contributed by atoms with Gasteiger partial charge in [-0.3, -0.25) is 0 Å². The van der Waals surface area contributed by atoms with Crippen LogP contribution in [0.2, 0.25) is 0 Å². The molecule has 0 radical (unpaired) electrons. The SMILES string of the molecule is CC1CCC(NC(=O)NCC(F)(F)F)(C(N)=NO)CC1. The summed E-state index contributed by atoms with van der Waals surface area (Å²) in [5.41, 5.74) is 4.51. The molecule has 0 aliphatic heterocycles. The monoisotopic (exact) mass is 296 g/mol. The van der Waals surface area contributed by atoms with Crippen molar-refractivity contribution in [3.05, 3.63) is 0 Å². The van der Waals surface area contributed by atoms with Crippen LogP contribution in [0.4, 0.5) is 18.0 Å². The van der Waals surface area contributed by atoms with E-state index in [9.17, 15) is 18.0 Å². The molecule has 6 nitrogen and oxygen atoms in total. The van der Waals surface area contributed by atoms with Crippen LogP contribution in [-0.2, 0) is 0 Å². The number of amides is 2. The first-order valence-corrected chi connectivity index (χ1v) is 6.29. The number of carbonyl (C=O) groups is 1. The van der Waals surface area contributed by atoms with Crippen LogP contribution >= 0.6 is 0 Å².